The Bertz CT molecular complexity index is 946. The van der Waals surface area contributed by atoms with Gasteiger partial charge in [0.2, 0.25) is 5.75 Å². The monoisotopic (exact) mass is 495 g/mol. The van der Waals surface area contributed by atoms with E-state index >= 15 is 0 Å². The number of nitrogens with zero attached hydrogens (tertiary/aromatic N) is 3. The molecule has 0 radical (unpaired) electrons. The van der Waals surface area contributed by atoms with Crippen molar-refractivity contribution in [2.24, 2.45) is 0 Å². The molecule has 0 aromatic heterocycles. The van der Waals surface area contributed by atoms with Gasteiger partial charge in [-0.25, -0.2) is 0 Å². The summed E-state index contributed by atoms with van der Waals surface area (Å²) in [7, 11) is 0. The van der Waals surface area contributed by atoms with Crippen LogP contribution < -0.4 is 4.74 Å². The summed E-state index contributed by atoms with van der Waals surface area (Å²) in [4.78, 5) is 38.3. The average molecular weight is 497 g/mol. The number of nitro groups is 1. The highest BCUT2D eigenvalue weighted by Gasteiger charge is 2.25. The molecule has 158 valence electrons. The number of ether oxygens (including phenoxy) is 1. The van der Waals surface area contributed by atoms with E-state index in [1.165, 1.54) is 12.1 Å². The number of benzene rings is 2. The molecule has 0 N–H and O–H groups in total. The Hall–Kier alpha value is -2.49. The molecule has 10 heteroatoms. The van der Waals surface area contributed by atoms with E-state index in [0.717, 1.165) is 12.1 Å². The summed E-state index contributed by atoms with van der Waals surface area (Å²) in [6.45, 7) is 2.85. The molecule has 0 saturated carbocycles. The van der Waals surface area contributed by atoms with Gasteiger partial charge in [-0.3, -0.25) is 24.6 Å². The summed E-state index contributed by atoms with van der Waals surface area (Å²) in [5.74, 6) is -0.483. The Morgan fingerprint density at radius 1 is 1.20 bits per heavy atom. The first kappa shape index (κ1) is 22.2. The van der Waals surface area contributed by atoms with Crippen LogP contribution in [0.15, 0.2) is 40.9 Å². The molecule has 8 nitrogen and oxygen atoms in total. The predicted octanol–water partition coefficient (Wildman–Crippen LogP) is 3.55. The molecule has 1 aliphatic heterocycles. The maximum atomic E-state index is 12.5. The first-order valence-corrected chi connectivity index (χ1v) is 10.3. The third-order valence-corrected chi connectivity index (χ3v) is 5.48. The van der Waals surface area contributed by atoms with Crippen molar-refractivity contribution in [2.75, 3.05) is 32.8 Å². The fourth-order valence-corrected chi connectivity index (χ4v) is 3.80. The third-order valence-electron chi connectivity index (χ3n) is 4.77. The van der Waals surface area contributed by atoms with Crippen molar-refractivity contribution in [3.63, 3.8) is 0 Å². The molecule has 0 spiro atoms. The lowest BCUT2D eigenvalue weighted by atomic mass is 10.2. The molecule has 3 rings (SSSR count). The van der Waals surface area contributed by atoms with E-state index in [1.807, 2.05) is 24.3 Å². The number of carbonyl (C=O) groups is 2. The zero-order chi connectivity index (χ0) is 21.7. The van der Waals surface area contributed by atoms with Crippen LogP contribution in [0.4, 0.5) is 5.69 Å². The van der Waals surface area contributed by atoms with Gasteiger partial charge in [0.15, 0.2) is 12.9 Å². The number of nitro benzene ring substituents is 1. The fraction of sp³-hybridized carbons (Fsp3) is 0.300. The zero-order valence-corrected chi connectivity index (χ0v) is 18.3. The SMILES string of the molecule is O=Cc1cc(Br)cc([N+](=O)[O-])c1OCC(=O)N1CCN(Cc2ccc(Cl)cc2)CC1. The van der Waals surface area contributed by atoms with Crippen LogP contribution in [0.3, 0.4) is 0 Å². The van der Waals surface area contributed by atoms with Gasteiger partial charge in [-0.1, -0.05) is 39.7 Å². The fourth-order valence-electron chi connectivity index (χ4n) is 3.21. The summed E-state index contributed by atoms with van der Waals surface area (Å²) in [5.41, 5.74) is 0.787. The number of halogens is 2. The number of hydrogen-bond acceptors (Lipinski definition) is 6. The number of amides is 1. The van der Waals surface area contributed by atoms with Crippen molar-refractivity contribution < 1.29 is 19.2 Å². The number of hydrogen-bond donors (Lipinski definition) is 0. The lowest BCUT2D eigenvalue weighted by Crippen LogP contribution is -2.49. The smallest absolute Gasteiger partial charge is 0.312 e. The minimum atomic E-state index is -0.646. The summed E-state index contributed by atoms with van der Waals surface area (Å²) >= 11 is 9.03. The van der Waals surface area contributed by atoms with Gasteiger partial charge >= 0.3 is 5.69 Å². The molecular weight excluding hydrogens is 478 g/mol. The molecule has 2 aromatic carbocycles. The largest absolute Gasteiger partial charge is 0.476 e. The first-order chi connectivity index (χ1) is 14.4. The van der Waals surface area contributed by atoms with Gasteiger partial charge in [0.05, 0.1) is 10.5 Å². The van der Waals surface area contributed by atoms with Crippen molar-refractivity contribution in [3.8, 4) is 5.75 Å². The van der Waals surface area contributed by atoms with Gasteiger partial charge in [0, 0.05) is 48.3 Å². The van der Waals surface area contributed by atoms with Crippen molar-refractivity contribution in [1.82, 2.24) is 9.80 Å². The van der Waals surface area contributed by atoms with Crippen LogP contribution in [-0.4, -0.2) is 59.7 Å². The van der Waals surface area contributed by atoms with Crippen LogP contribution in [-0.2, 0) is 11.3 Å². The molecule has 1 amide bonds. The molecule has 1 heterocycles. The molecule has 1 aliphatic rings. The topological polar surface area (TPSA) is 93.0 Å². The van der Waals surface area contributed by atoms with Gasteiger partial charge in [-0.15, -0.1) is 0 Å². The first-order valence-electron chi connectivity index (χ1n) is 9.18. The Balaban J connectivity index is 1.56. The number of aldehydes is 1. The van der Waals surface area contributed by atoms with E-state index in [4.69, 9.17) is 16.3 Å². The summed E-state index contributed by atoms with van der Waals surface area (Å²) in [6, 6.07) is 10.3. The van der Waals surface area contributed by atoms with E-state index < -0.39 is 4.92 Å². The van der Waals surface area contributed by atoms with E-state index in [-0.39, 0.29) is 29.5 Å². The Labute approximate surface area is 186 Å². The second kappa shape index (κ2) is 10.0. The number of piperazine rings is 1. The summed E-state index contributed by atoms with van der Waals surface area (Å²) in [6.07, 6.45) is 0.465. The van der Waals surface area contributed by atoms with Crippen LogP contribution in [0.5, 0.6) is 5.75 Å². The van der Waals surface area contributed by atoms with Crippen LogP contribution in [0.25, 0.3) is 0 Å². The minimum Gasteiger partial charge on any atom is -0.476 e. The van der Waals surface area contributed by atoms with Gasteiger partial charge in [-0.2, -0.15) is 0 Å². The van der Waals surface area contributed by atoms with Gasteiger partial charge in [0.1, 0.15) is 0 Å². The Kier molecular flexibility index (Phi) is 7.41. The zero-order valence-electron chi connectivity index (χ0n) is 15.9. The van der Waals surface area contributed by atoms with E-state index in [0.29, 0.717) is 42.0 Å². The minimum absolute atomic E-state index is 0.0108. The predicted molar refractivity (Wildman–Crippen MR) is 115 cm³/mol. The van der Waals surface area contributed by atoms with Gasteiger partial charge < -0.3 is 9.64 Å². The van der Waals surface area contributed by atoms with Gasteiger partial charge in [0.25, 0.3) is 5.91 Å². The maximum Gasteiger partial charge on any atom is 0.312 e. The third kappa shape index (κ3) is 5.56. The van der Waals surface area contributed by atoms with Gasteiger partial charge in [-0.05, 0) is 23.8 Å². The number of carbonyl (C=O) groups excluding carboxylic acids is 2. The molecule has 0 unspecified atom stereocenters. The summed E-state index contributed by atoms with van der Waals surface area (Å²) in [5, 5.41) is 12.0. The average Bonchev–Trinajstić information content (AvgIpc) is 2.74. The molecule has 30 heavy (non-hydrogen) atoms. The standard InChI is InChI=1S/C20H19BrClN3O5/c21-16-9-15(12-26)20(18(10-16)25(28)29)30-13-19(27)24-7-5-23(6-8-24)11-14-1-3-17(22)4-2-14/h1-4,9-10,12H,5-8,11,13H2. The van der Waals surface area contributed by atoms with Crippen molar-refractivity contribution in [2.45, 2.75) is 6.54 Å². The normalized spacial score (nSPS) is 14.4. The molecule has 1 saturated heterocycles. The van der Waals surface area contributed by atoms with Crippen LogP contribution in [0.2, 0.25) is 5.02 Å². The lowest BCUT2D eigenvalue weighted by molar-refractivity contribution is -0.385. The maximum absolute atomic E-state index is 12.5. The van der Waals surface area contributed by atoms with E-state index in [9.17, 15) is 19.7 Å². The van der Waals surface area contributed by atoms with E-state index in [2.05, 4.69) is 20.8 Å². The lowest BCUT2D eigenvalue weighted by Gasteiger charge is -2.34. The van der Waals surface area contributed by atoms with Crippen molar-refractivity contribution in [1.29, 1.82) is 0 Å². The second-order valence-corrected chi connectivity index (χ2v) is 8.14. The highest BCUT2D eigenvalue weighted by atomic mass is 79.9. The number of rotatable bonds is 7. The van der Waals surface area contributed by atoms with Crippen molar-refractivity contribution >= 4 is 45.4 Å². The van der Waals surface area contributed by atoms with E-state index in [1.54, 1.807) is 4.90 Å². The quantitative estimate of drug-likeness (QED) is 0.331. The van der Waals surface area contributed by atoms with Crippen LogP contribution >= 0.6 is 27.5 Å². The summed E-state index contributed by atoms with van der Waals surface area (Å²) < 4.78 is 5.79. The molecule has 1 fully saturated rings. The second-order valence-electron chi connectivity index (χ2n) is 6.79. The Morgan fingerprint density at radius 3 is 2.47 bits per heavy atom. The molecule has 2 aromatic rings. The van der Waals surface area contributed by atoms with Crippen LogP contribution in [0.1, 0.15) is 15.9 Å². The van der Waals surface area contributed by atoms with Crippen LogP contribution in [0, 0.1) is 10.1 Å². The molecule has 0 aliphatic carbocycles. The van der Waals surface area contributed by atoms with Crippen molar-refractivity contribution in [3.05, 3.63) is 67.1 Å². The highest BCUT2D eigenvalue weighted by molar-refractivity contribution is 9.10. The Morgan fingerprint density at radius 2 is 1.87 bits per heavy atom. The molecule has 0 atom stereocenters. The molecule has 0 bridgehead atoms. The highest BCUT2D eigenvalue weighted by Crippen LogP contribution is 2.33. The molecular formula is C20H19BrClN3O5.